The molecule has 1 atom stereocenters. The van der Waals surface area contributed by atoms with Crippen LogP contribution in [-0.4, -0.2) is 52.0 Å². The molecule has 3 aromatic rings. The van der Waals surface area contributed by atoms with Crippen molar-refractivity contribution in [2.24, 2.45) is 0 Å². The number of hydrogen-bond donors (Lipinski definition) is 1. The summed E-state index contributed by atoms with van der Waals surface area (Å²) in [4.78, 5) is 14.8. The first-order valence-corrected chi connectivity index (χ1v) is 12.2. The molecule has 0 spiro atoms. The van der Waals surface area contributed by atoms with E-state index in [0.717, 1.165) is 29.6 Å². The van der Waals surface area contributed by atoms with Crippen molar-refractivity contribution < 1.29 is 9.21 Å². The van der Waals surface area contributed by atoms with Crippen molar-refractivity contribution in [1.82, 2.24) is 25.0 Å². The highest BCUT2D eigenvalue weighted by Gasteiger charge is 2.25. The maximum absolute atomic E-state index is 12.7. The molecule has 8 heteroatoms. The SMILES string of the molecule is CN(C)[C@@H](CNC(=O)CSc1nnc(-c2ccco2)n1C1CCCCC1)c1ccccc1. The minimum absolute atomic E-state index is 0.00414. The predicted molar refractivity (Wildman–Crippen MR) is 126 cm³/mol. The molecule has 0 bridgehead atoms. The number of aromatic nitrogens is 3. The fourth-order valence-corrected chi connectivity index (χ4v) is 5.12. The monoisotopic (exact) mass is 453 g/mol. The Morgan fingerprint density at radius 3 is 2.62 bits per heavy atom. The van der Waals surface area contributed by atoms with Crippen LogP contribution in [0.5, 0.6) is 0 Å². The Hall–Kier alpha value is -2.58. The molecule has 1 N–H and O–H groups in total. The molecule has 1 aromatic carbocycles. The summed E-state index contributed by atoms with van der Waals surface area (Å²) in [5.74, 6) is 1.77. The first-order valence-electron chi connectivity index (χ1n) is 11.2. The van der Waals surface area contributed by atoms with Crippen molar-refractivity contribution in [2.75, 3.05) is 26.4 Å². The lowest BCUT2D eigenvalue weighted by Gasteiger charge is -2.25. The van der Waals surface area contributed by atoms with Gasteiger partial charge in [0.25, 0.3) is 0 Å². The van der Waals surface area contributed by atoms with Crippen LogP contribution in [0.3, 0.4) is 0 Å². The van der Waals surface area contributed by atoms with Crippen LogP contribution in [0, 0.1) is 0 Å². The van der Waals surface area contributed by atoms with E-state index in [4.69, 9.17) is 4.42 Å². The molecule has 2 aromatic heterocycles. The van der Waals surface area contributed by atoms with Crippen LogP contribution < -0.4 is 5.32 Å². The predicted octanol–water partition coefficient (Wildman–Crippen LogP) is 4.55. The van der Waals surface area contributed by atoms with Gasteiger partial charge in [-0.3, -0.25) is 9.36 Å². The number of nitrogens with zero attached hydrogens (tertiary/aromatic N) is 4. The molecule has 1 fully saturated rings. The molecule has 7 nitrogen and oxygen atoms in total. The third-order valence-corrected chi connectivity index (χ3v) is 6.92. The first-order chi connectivity index (χ1) is 15.6. The van der Waals surface area contributed by atoms with E-state index in [0.29, 0.717) is 18.3 Å². The molecule has 0 saturated heterocycles. The molecule has 1 aliphatic carbocycles. The Bertz CT molecular complexity index is 981. The standard InChI is InChI=1S/C24H31N5O2S/c1-28(2)20(18-10-5-3-6-11-18)16-25-22(30)17-32-24-27-26-23(21-14-9-15-31-21)29(24)19-12-7-4-8-13-19/h3,5-6,9-11,14-15,19-20H,4,7-8,12-13,16-17H2,1-2H3,(H,25,30)/t20-/m0/s1. The summed E-state index contributed by atoms with van der Waals surface area (Å²) < 4.78 is 7.79. The van der Waals surface area contributed by atoms with Gasteiger partial charge in [0.2, 0.25) is 11.7 Å². The summed E-state index contributed by atoms with van der Waals surface area (Å²) in [7, 11) is 4.06. The second-order valence-electron chi connectivity index (χ2n) is 8.43. The number of carbonyl (C=O) groups is 1. The van der Waals surface area contributed by atoms with Crippen molar-refractivity contribution in [3.63, 3.8) is 0 Å². The number of thioether (sulfide) groups is 1. The Kier molecular flexibility index (Phi) is 7.65. The van der Waals surface area contributed by atoms with Gasteiger partial charge in [-0.25, -0.2) is 0 Å². The summed E-state index contributed by atoms with van der Waals surface area (Å²) in [6.07, 6.45) is 7.55. The molecular weight excluding hydrogens is 422 g/mol. The van der Waals surface area contributed by atoms with Gasteiger partial charge in [-0.1, -0.05) is 61.4 Å². The molecule has 4 rings (SSSR count). The van der Waals surface area contributed by atoms with Gasteiger partial charge in [-0.05, 0) is 44.6 Å². The van der Waals surface area contributed by atoms with Gasteiger partial charge in [0.05, 0.1) is 18.1 Å². The Morgan fingerprint density at radius 2 is 1.94 bits per heavy atom. The van der Waals surface area contributed by atoms with Crippen LogP contribution >= 0.6 is 11.8 Å². The molecule has 0 unspecified atom stereocenters. The Morgan fingerprint density at radius 1 is 1.16 bits per heavy atom. The zero-order valence-electron chi connectivity index (χ0n) is 18.7. The number of hydrogen-bond acceptors (Lipinski definition) is 6. The van der Waals surface area contributed by atoms with Crippen molar-refractivity contribution in [3.05, 3.63) is 54.3 Å². The maximum Gasteiger partial charge on any atom is 0.230 e. The number of likely N-dealkylation sites (N-methyl/N-ethyl adjacent to an activating group) is 1. The first kappa shape index (κ1) is 22.6. The molecular formula is C24H31N5O2S. The number of nitrogens with one attached hydrogen (secondary N) is 1. The number of rotatable bonds is 9. The zero-order chi connectivity index (χ0) is 22.3. The van der Waals surface area contributed by atoms with Gasteiger partial charge in [-0.2, -0.15) is 0 Å². The molecule has 2 heterocycles. The fraction of sp³-hybridized carbons (Fsp3) is 0.458. The zero-order valence-corrected chi connectivity index (χ0v) is 19.6. The lowest BCUT2D eigenvalue weighted by atomic mass is 9.95. The molecule has 170 valence electrons. The Labute approximate surface area is 193 Å². The smallest absolute Gasteiger partial charge is 0.230 e. The van der Waals surface area contributed by atoms with E-state index < -0.39 is 0 Å². The van der Waals surface area contributed by atoms with Gasteiger partial charge in [0.1, 0.15) is 0 Å². The molecule has 1 saturated carbocycles. The molecule has 32 heavy (non-hydrogen) atoms. The van der Waals surface area contributed by atoms with E-state index >= 15 is 0 Å². The van der Waals surface area contributed by atoms with Crippen LogP contribution in [0.15, 0.2) is 58.3 Å². The Balaban J connectivity index is 1.41. The maximum atomic E-state index is 12.7. The number of carbonyl (C=O) groups excluding carboxylic acids is 1. The quantitative estimate of drug-likeness (QED) is 0.479. The third kappa shape index (κ3) is 5.42. The second kappa shape index (κ2) is 10.8. The topological polar surface area (TPSA) is 76.2 Å². The van der Waals surface area contributed by atoms with Crippen molar-refractivity contribution in [1.29, 1.82) is 0 Å². The molecule has 0 aliphatic heterocycles. The van der Waals surface area contributed by atoms with Crippen molar-refractivity contribution in [2.45, 2.75) is 49.3 Å². The summed E-state index contributed by atoms with van der Waals surface area (Å²) in [5, 5.41) is 12.7. The molecule has 1 aliphatic rings. The fourth-order valence-electron chi connectivity index (χ4n) is 4.28. The minimum atomic E-state index is -0.00414. The molecule has 0 radical (unpaired) electrons. The van der Waals surface area contributed by atoms with Gasteiger partial charge in [0.15, 0.2) is 10.9 Å². The minimum Gasteiger partial charge on any atom is -0.461 e. The van der Waals surface area contributed by atoms with Gasteiger partial charge >= 0.3 is 0 Å². The van der Waals surface area contributed by atoms with E-state index in [1.807, 2.05) is 44.4 Å². The second-order valence-corrected chi connectivity index (χ2v) is 9.37. The average Bonchev–Trinajstić information content (AvgIpc) is 3.49. The number of benzene rings is 1. The highest BCUT2D eigenvalue weighted by molar-refractivity contribution is 7.99. The summed E-state index contributed by atoms with van der Waals surface area (Å²) in [5.41, 5.74) is 1.19. The normalized spacial score (nSPS) is 15.7. The van der Waals surface area contributed by atoms with Crippen LogP contribution in [0.1, 0.15) is 49.8 Å². The van der Waals surface area contributed by atoms with E-state index in [9.17, 15) is 4.79 Å². The van der Waals surface area contributed by atoms with Crippen LogP contribution in [-0.2, 0) is 4.79 Å². The largest absolute Gasteiger partial charge is 0.461 e. The van der Waals surface area contributed by atoms with E-state index in [1.165, 1.54) is 36.6 Å². The van der Waals surface area contributed by atoms with Gasteiger partial charge in [-0.15, -0.1) is 10.2 Å². The van der Waals surface area contributed by atoms with E-state index in [2.05, 4.69) is 37.1 Å². The van der Waals surface area contributed by atoms with E-state index in [1.54, 1.807) is 6.26 Å². The van der Waals surface area contributed by atoms with Gasteiger partial charge < -0.3 is 14.6 Å². The number of amides is 1. The van der Waals surface area contributed by atoms with Crippen LogP contribution in [0.4, 0.5) is 0 Å². The van der Waals surface area contributed by atoms with Crippen LogP contribution in [0.25, 0.3) is 11.6 Å². The van der Waals surface area contributed by atoms with Crippen molar-refractivity contribution in [3.8, 4) is 11.6 Å². The highest BCUT2D eigenvalue weighted by Crippen LogP contribution is 2.35. The average molecular weight is 454 g/mol. The summed E-state index contributed by atoms with van der Waals surface area (Å²) in [6, 6.07) is 14.5. The highest BCUT2D eigenvalue weighted by atomic mass is 32.2. The molecule has 1 amide bonds. The van der Waals surface area contributed by atoms with Crippen LogP contribution in [0.2, 0.25) is 0 Å². The van der Waals surface area contributed by atoms with E-state index in [-0.39, 0.29) is 11.9 Å². The van der Waals surface area contributed by atoms with Crippen molar-refractivity contribution >= 4 is 17.7 Å². The van der Waals surface area contributed by atoms with Gasteiger partial charge in [0, 0.05) is 12.6 Å². The lowest BCUT2D eigenvalue weighted by molar-refractivity contribution is -0.118. The lowest BCUT2D eigenvalue weighted by Crippen LogP contribution is -2.35. The number of furan rings is 1. The summed E-state index contributed by atoms with van der Waals surface area (Å²) in [6.45, 7) is 0.559. The third-order valence-electron chi connectivity index (χ3n) is 5.98. The summed E-state index contributed by atoms with van der Waals surface area (Å²) >= 11 is 1.44.